The van der Waals surface area contributed by atoms with Crippen molar-refractivity contribution >= 4 is 52.4 Å². The van der Waals surface area contributed by atoms with Crippen molar-refractivity contribution in [2.45, 2.75) is 168 Å². The Morgan fingerprint density at radius 1 is 0.514 bits per heavy atom. The van der Waals surface area contributed by atoms with Crippen molar-refractivity contribution in [2.75, 3.05) is 12.4 Å². The number of unbranched alkanes of at least 4 members (excludes halogenated alkanes) is 20. The molecule has 0 aliphatic carbocycles. The van der Waals surface area contributed by atoms with Gasteiger partial charge in [-0.25, -0.2) is 0 Å². The van der Waals surface area contributed by atoms with Crippen LogP contribution in [0.3, 0.4) is 0 Å². The Balaban J connectivity index is 0. The molecule has 3 nitrogen and oxygen atoms in total. The van der Waals surface area contributed by atoms with E-state index in [0.29, 0.717) is 13.0 Å². The average Bonchev–Trinajstić information content (AvgIpc) is 2.84. The molecular formula is C30H59NaO3S. The molecule has 35 heavy (non-hydrogen) atoms. The minimum atomic E-state index is -0.212. The van der Waals surface area contributed by atoms with E-state index in [1.807, 2.05) is 0 Å². The molecule has 0 unspecified atom stereocenters. The summed E-state index contributed by atoms with van der Waals surface area (Å²) in [6, 6.07) is 0. The van der Waals surface area contributed by atoms with Crippen LogP contribution in [0.4, 0.5) is 0 Å². The number of hydrogen-bond acceptors (Lipinski definition) is 4. The maximum atomic E-state index is 12.0. The van der Waals surface area contributed by atoms with Gasteiger partial charge in [0.2, 0.25) is 0 Å². The van der Waals surface area contributed by atoms with Gasteiger partial charge in [-0.2, -0.15) is 0 Å². The van der Waals surface area contributed by atoms with Crippen molar-refractivity contribution in [3.8, 4) is 0 Å². The van der Waals surface area contributed by atoms with Gasteiger partial charge in [-0.05, 0) is 12.8 Å². The standard InChI is InChI=1S/C30H58O3S.Na.H/c1-3-5-7-9-11-13-15-17-19-21-23-27-33-29(31)25-26-30(32)34-28-24-22-20-18-16-14-12-10-8-6-4-2;;/h3-28H2,1-2H3;;. The van der Waals surface area contributed by atoms with E-state index >= 15 is 0 Å². The van der Waals surface area contributed by atoms with E-state index in [1.54, 1.807) is 0 Å². The molecule has 0 atom stereocenters. The second-order valence-corrected chi connectivity index (χ2v) is 11.2. The molecule has 0 radical (unpaired) electrons. The Morgan fingerprint density at radius 3 is 1.31 bits per heavy atom. The number of carbonyl (C=O) groups is 2. The van der Waals surface area contributed by atoms with Crippen LogP contribution in [0, 0.1) is 0 Å². The number of carbonyl (C=O) groups excluding carboxylic acids is 2. The van der Waals surface area contributed by atoms with Gasteiger partial charge in [0, 0.05) is 12.2 Å². The molecule has 0 saturated heterocycles. The van der Waals surface area contributed by atoms with Crippen molar-refractivity contribution in [3.05, 3.63) is 0 Å². The zero-order valence-electron chi connectivity index (χ0n) is 23.0. The summed E-state index contributed by atoms with van der Waals surface area (Å²) in [6.45, 7) is 5.04. The average molecular weight is 523 g/mol. The fraction of sp³-hybridized carbons (Fsp3) is 0.933. The van der Waals surface area contributed by atoms with E-state index in [1.165, 1.54) is 134 Å². The van der Waals surface area contributed by atoms with Gasteiger partial charge in [-0.15, -0.1) is 0 Å². The van der Waals surface area contributed by atoms with E-state index in [2.05, 4.69) is 13.8 Å². The summed E-state index contributed by atoms with van der Waals surface area (Å²) in [6.07, 6.45) is 29.3. The summed E-state index contributed by atoms with van der Waals surface area (Å²) < 4.78 is 5.29. The third kappa shape index (κ3) is 32.5. The molecule has 0 rings (SSSR count). The Morgan fingerprint density at radius 2 is 0.886 bits per heavy atom. The molecule has 0 aromatic heterocycles. The molecule has 204 valence electrons. The molecular weight excluding hydrogens is 463 g/mol. The topological polar surface area (TPSA) is 43.4 Å². The minimum absolute atomic E-state index is 0. The predicted molar refractivity (Wildman–Crippen MR) is 158 cm³/mol. The molecule has 0 aromatic carbocycles. The third-order valence-corrected chi connectivity index (χ3v) is 7.57. The molecule has 0 spiro atoms. The SMILES string of the molecule is CCCCCCCCCCCCCOC(=O)CCC(=O)SCCCCCCCCCCCCC.[NaH]. The Labute approximate surface area is 245 Å². The summed E-state index contributed by atoms with van der Waals surface area (Å²) in [5.41, 5.74) is 0. The zero-order valence-corrected chi connectivity index (χ0v) is 23.8. The Kier molecular flexibility index (Phi) is 35.0. The first-order valence-corrected chi connectivity index (χ1v) is 16.0. The number of rotatable bonds is 27. The van der Waals surface area contributed by atoms with Crippen molar-refractivity contribution in [1.29, 1.82) is 0 Å². The van der Waals surface area contributed by atoms with E-state index < -0.39 is 0 Å². The van der Waals surface area contributed by atoms with Gasteiger partial charge in [0.15, 0.2) is 5.12 Å². The zero-order chi connectivity index (χ0) is 25.0. The first-order valence-electron chi connectivity index (χ1n) is 15.0. The van der Waals surface area contributed by atoms with Gasteiger partial charge in [-0.1, -0.05) is 154 Å². The van der Waals surface area contributed by atoms with Gasteiger partial charge in [0.05, 0.1) is 13.0 Å². The second kappa shape index (κ2) is 32.5. The Hall–Kier alpha value is 0.490. The summed E-state index contributed by atoms with van der Waals surface area (Å²) in [5, 5.41) is 0.138. The van der Waals surface area contributed by atoms with Crippen LogP contribution < -0.4 is 0 Å². The molecule has 5 heteroatoms. The normalized spacial score (nSPS) is 10.8. The number of ether oxygens (including phenoxy) is 1. The van der Waals surface area contributed by atoms with Crippen molar-refractivity contribution in [3.63, 3.8) is 0 Å². The van der Waals surface area contributed by atoms with Crippen molar-refractivity contribution in [1.82, 2.24) is 0 Å². The van der Waals surface area contributed by atoms with Crippen LogP contribution in [0.2, 0.25) is 0 Å². The quantitative estimate of drug-likeness (QED) is 0.0612. The van der Waals surface area contributed by atoms with E-state index in [4.69, 9.17) is 4.74 Å². The van der Waals surface area contributed by atoms with Gasteiger partial charge >= 0.3 is 35.5 Å². The van der Waals surface area contributed by atoms with Crippen LogP contribution in [0.25, 0.3) is 0 Å². The van der Waals surface area contributed by atoms with Gasteiger partial charge in [-0.3, -0.25) is 9.59 Å². The Bertz CT molecular complexity index is 405. The predicted octanol–water partition coefficient (Wildman–Crippen LogP) is 9.54. The summed E-state index contributed by atoms with van der Waals surface area (Å²) in [5.74, 6) is 0.680. The van der Waals surface area contributed by atoms with Gasteiger partial charge in [0.1, 0.15) is 0 Å². The van der Waals surface area contributed by atoms with Crippen LogP contribution in [-0.2, 0) is 14.3 Å². The van der Waals surface area contributed by atoms with Crippen molar-refractivity contribution in [2.24, 2.45) is 0 Å². The fourth-order valence-electron chi connectivity index (χ4n) is 4.25. The molecule has 0 heterocycles. The molecule has 0 aliphatic heterocycles. The third-order valence-electron chi connectivity index (χ3n) is 6.56. The van der Waals surface area contributed by atoms with Crippen LogP contribution in [0.5, 0.6) is 0 Å². The van der Waals surface area contributed by atoms with Gasteiger partial charge < -0.3 is 4.74 Å². The van der Waals surface area contributed by atoms with Crippen molar-refractivity contribution < 1.29 is 14.3 Å². The van der Waals surface area contributed by atoms with Crippen LogP contribution >= 0.6 is 11.8 Å². The molecule has 0 N–H and O–H groups in total. The van der Waals surface area contributed by atoms with E-state index in [0.717, 1.165) is 25.0 Å². The summed E-state index contributed by atoms with van der Waals surface area (Å²) >= 11 is 1.40. The first kappa shape index (κ1) is 37.6. The number of esters is 1. The first-order chi connectivity index (χ1) is 16.7. The molecule has 0 saturated carbocycles. The number of hydrogen-bond donors (Lipinski definition) is 0. The van der Waals surface area contributed by atoms with Crippen LogP contribution in [-0.4, -0.2) is 53.0 Å². The number of thioether (sulfide) groups is 1. The molecule has 0 bridgehead atoms. The maximum absolute atomic E-state index is 12.0. The molecule has 0 fully saturated rings. The molecule has 0 aliphatic rings. The second-order valence-electron chi connectivity index (χ2n) is 10.0. The van der Waals surface area contributed by atoms with E-state index in [-0.39, 0.29) is 47.1 Å². The van der Waals surface area contributed by atoms with Crippen LogP contribution in [0.1, 0.15) is 168 Å². The van der Waals surface area contributed by atoms with Crippen LogP contribution in [0.15, 0.2) is 0 Å². The fourth-order valence-corrected chi connectivity index (χ4v) is 5.08. The van der Waals surface area contributed by atoms with Gasteiger partial charge in [0.25, 0.3) is 0 Å². The monoisotopic (exact) mass is 522 g/mol. The molecule has 0 amide bonds. The summed E-state index contributed by atoms with van der Waals surface area (Å²) in [4.78, 5) is 23.8. The van der Waals surface area contributed by atoms with E-state index in [9.17, 15) is 9.59 Å². The molecule has 0 aromatic rings. The summed E-state index contributed by atoms with van der Waals surface area (Å²) in [7, 11) is 0.